The van der Waals surface area contributed by atoms with Crippen LogP contribution in [0.5, 0.6) is 0 Å². The van der Waals surface area contributed by atoms with Crippen molar-refractivity contribution >= 4 is 62.5 Å². The van der Waals surface area contributed by atoms with Gasteiger partial charge in [0.15, 0.2) is 0 Å². The highest BCUT2D eigenvalue weighted by molar-refractivity contribution is 7.99. The van der Waals surface area contributed by atoms with Gasteiger partial charge in [-0.05, 0) is 127 Å². The molecule has 0 bridgehead atoms. The Labute approximate surface area is 426 Å². The zero-order chi connectivity index (χ0) is 47.1. The van der Waals surface area contributed by atoms with E-state index in [1.54, 1.807) is 0 Å². The number of fused-ring (bicyclic) bond motifs is 21. The van der Waals surface area contributed by atoms with Gasteiger partial charge in [0.05, 0.1) is 22.2 Å². The average molecular weight is 952 g/mol. The first kappa shape index (κ1) is 40.4. The van der Waals surface area contributed by atoms with Gasteiger partial charge in [-0.15, -0.1) is 0 Å². The van der Waals surface area contributed by atoms with Crippen molar-refractivity contribution in [2.45, 2.75) is 30.4 Å². The minimum atomic E-state index is -0.523. The van der Waals surface area contributed by atoms with Gasteiger partial charge in [-0.3, -0.25) is 0 Å². The lowest BCUT2D eigenvalue weighted by atomic mass is 9.67. The topological polar surface area (TPSA) is 16.4 Å². The Balaban J connectivity index is 0.998. The highest BCUT2D eigenvalue weighted by Gasteiger charge is 2.53. The molecule has 0 saturated heterocycles. The van der Waals surface area contributed by atoms with Crippen LogP contribution in [0.3, 0.4) is 0 Å². The van der Waals surface area contributed by atoms with Gasteiger partial charge >= 0.3 is 0 Å². The molecule has 0 atom stereocenters. The molecule has 2 nitrogen and oxygen atoms in total. The molecule has 2 spiro atoms. The molecule has 3 heterocycles. The first-order valence-corrected chi connectivity index (χ1v) is 26.4. The molecular weight excluding hydrogens is 911 g/mol. The molecule has 2 aliphatic heterocycles. The van der Waals surface area contributed by atoms with Gasteiger partial charge in [0.1, 0.15) is 11.2 Å². The van der Waals surface area contributed by atoms with Gasteiger partial charge in [-0.25, -0.2) is 0 Å². The van der Waals surface area contributed by atoms with Crippen LogP contribution < -0.4 is 4.90 Å². The monoisotopic (exact) mass is 951 g/mol. The van der Waals surface area contributed by atoms with Crippen molar-refractivity contribution in [1.29, 1.82) is 0 Å². The van der Waals surface area contributed by atoms with Crippen LogP contribution >= 0.6 is 23.5 Å². The summed E-state index contributed by atoms with van der Waals surface area (Å²) in [6, 6.07) is 93.1. The summed E-state index contributed by atoms with van der Waals surface area (Å²) in [5.74, 6) is 0. The molecular formula is C68H41NOS2. The number of hydrogen-bond donors (Lipinski definition) is 0. The van der Waals surface area contributed by atoms with Gasteiger partial charge in [0.2, 0.25) is 0 Å². The van der Waals surface area contributed by atoms with E-state index in [1.807, 2.05) is 29.6 Å². The largest absolute Gasteiger partial charge is 0.456 e. The van der Waals surface area contributed by atoms with E-state index in [0.29, 0.717) is 0 Å². The van der Waals surface area contributed by atoms with Gasteiger partial charge in [0, 0.05) is 47.2 Å². The molecule has 0 amide bonds. The lowest BCUT2D eigenvalue weighted by molar-refractivity contribution is 0.669. The van der Waals surface area contributed by atoms with E-state index in [0.717, 1.165) is 50.1 Å². The second kappa shape index (κ2) is 15.1. The van der Waals surface area contributed by atoms with E-state index in [2.05, 4.69) is 248 Å². The van der Waals surface area contributed by atoms with Crippen LogP contribution in [0.25, 0.3) is 55.3 Å². The first-order valence-electron chi connectivity index (χ1n) is 24.7. The van der Waals surface area contributed by atoms with Crippen molar-refractivity contribution in [3.8, 4) is 33.4 Å². The zero-order valence-corrected chi connectivity index (χ0v) is 40.5. The first-order chi connectivity index (χ1) is 35.7. The third kappa shape index (κ3) is 5.22. The Morgan fingerprint density at radius 1 is 0.306 bits per heavy atom. The molecule has 0 saturated carbocycles. The standard InChI is InChI=1S/C68H41NOS2/c1-4-22-48-45(18-1)65-54(67(48)50-24-6-11-34-60(50)71-61-35-12-7-25-51(61)67)28-16-30-56(65)69(43-40-38-42(39-41-43)44-21-15-33-59-64(44)47-20-3-10-32-58(47)70-59)57-31-17-29-55-66(57)46-19-2-5-23-49(46)68(55)52-26-8-13-36-62(52)72-63-37-14-9-27-53(63)68/h1-41H. The lowest BCUT2D eigenvalue weighted by Gasteiger charge is -2.40. The van der Waals surface area contributed by atoms with Gasteiger partial charge in [0.25, 0.3) is 0 Å². The van der Waals surface area contributed by atoms with Crippen molar-refractivity contribution in [3.05, 3.63) is 293 Å². The van der Waals surface area contributed by atoms with Crippen LogP contribution in [0.1, 0.15) is 44.5 Å². The van der Waals surface area contributed by atoms with Crippen LogP contribution in [-0.4, -0.2) is 0 Å². The Hall–Kier alpha value is -8.28. The molecule has 336 valence electrons. The zero-order valence-electron chi connectivity index (χ0n) is 38.8. The maximum atomic E-state index is 6.41. The summed E-state index contributed by atoms with van der Waals surface area (Å²) in [5.41, 5.74) is 22.0. The summed E-state index contributed by atoms with van der Waals surface area (Å²) in [6.07, 6.45) is 0. The van der Waals surface area contributed by atoms with Crippen LogP contribution in [0, 0.1) is 0 Å². The summed E-state index contributed by atoms with van der Waals surface area (Å²) in [5, 5.41) is 2.27. The van der Waals surface area contributed by atoms with E-state index < -0.39 is 10.8 Å². The SMILES string of the molecule is c1ccc2c(c1)Sc1ccccc1C21c2ccccc2-c2c(N(c3ccc(-c4cccc5oc6ccccc6c45)cc3)c3cccc4c3-c3ccccc3C43c4ccccc4Sc4ccccc43)cccc21. The molecule has 4 heteroatoms. The van der Waals surface area contributed by atoms with E-state index >= 15 is 0 Å². The van der Waals surface area contributed by atoms with Crippen LogP contribution in [-0.2, 0) is 10.8 Å². The Morgan fingerprint density at radius 2 is 0.694 bits per heavy atom. The summed E-state index contributed by atoms with van der Waals surface area (Å²) in [4.78, 5) is 7.78. The number of anilines is 3. The lowest BCUT2D eigenvalue weighted by Crippen LogP contribution is -2.32. The summed E-state index contributed by atoms with van der Waals surface area (Å²) < 4.78 is 6.41. The molecule has 12 aromatic rings. The molecule has 4 aliphatic rings. The number of rotatable bonds is 4. The number of furan rings is 1. The van der Waals surface area contributed by atoms with Gasteiger partial charge in [-0.1, -0.05) is 212 Å². The molecule has 1 aromatic heterocycles. The molecule has 2 aliphatic carbocycles. The minimum absolute atomic E-state index is 0.523. The number of nitrogens with zero attached hydrogens (tertiary/aromatic N) is 1. The quantitative estimate of drug-likeness (QED) is 0.175. The predicted octanol–water partition coefficient (Wildman–Crippen LogP) is 18.4. The van der Waals surface area contributed by atoms with E-state index in [-0.39, 0.29) is 0 Å². The summed E-state index contributed by atoms with van der Waals surface area (Å²) >= 11 is 3.78. The highest BCUT2D eigenvalue weighted by atomic mass is 32.2. The Kier molecular flexibility index (Phi) is 8.49. The van der Waals surface area contributed by atoms with Crippen molar-refractivity contribution < 1.29 is 4.42 Å². The molecule has 11 aromatic carbocycles. The fraction of sp³-hybridized carbons (Fsp3) is 0.0294. The van der Waals surface area contributed by atoms with Crippen LogP contribution in [0.4, 0.5) is 17.1 Å². The molecule has 0 radical (unpaired) electrons. The summed E-state index contributed by atoms with van der Waals surface area (Å²) in [7, 11) is 0. The third-order valence-corrected chi connectivity index (χ3v) is 18.3. The molecule has 0 fully saturated rings. The van der Waals surface area contributed by atoms with Crippen molar-refractivity contribution in [2.75, 3.05) is 4.90 Å². The summed E-state index contributed by atoms with van der Waals surface area (Å²) in [6.45, 7) is 0. The second-order valence-electron chi connectivity index (χ2n) is 19.3. The fourth-order valence-corrected chi connectivity index (χ4v) is 15.7. The van der Waals surface area contributed by atoms with Crippen molar-refractivity contribution in [3.63, 3.8) is 0 Å². The van der Waals surface area contributed by atoms with E-state index in [1.165, 1.54) is 86.3 Å². The van der Waals surface area contributed by atoms with Gasteiger partial charge in [-0.2, -0.15) is 0 Å². The second-order valence-corrected chi connectivity index (χ2v) is 21.5. The fourth-order valence-electron chi connectivity index (χ4n) is 13.4. The normalized spacial score (nSPS) is 14.5. The average Bonchev–Trinajstić information content (AvgIpc) is 4.07. The smallest absolute Gasteiger partial charge is 0.136 e. The number of hydrogen-bond acceptors (Lipinski definition) is 4. The highest BCUT2D eigenvalue weighted by Crippen LogP contribution is 2.67. The van der Waals surface area contributed by atoms with Crippen LogP contribution in [0.15, 0.2) is 273 Å². The number of benzene rings is 11. The maximum absolute atomic E-state index is 6.41. The van der Waals surface area contributed by atoms with Crippen molar-refractivity contribution in [2.24, 2.45) is 0 Å². The molecule has 72 heavy (non-hydrogen) atoms. The maximum Gasteiger partial charge on any atom is 0.136 e. The predicted molar refractivity (Wildman–Crippen MR) is 297 cm³/mol. The number of para-hydroxylation sites is 1. The van der Waals surface area contributed by atoms with Crippen molar-refractivity contribution in [1.82, 2.24) is 0 Å². The third-order valence-electron chi connectivity index (χ3n) is 16.0. The van der Waals surface area contributed by atoms with E-state index in [4.69, 9.17) is 4.42 Å². The molecule has 0 N–H and O–H groups in total. The molecule has 0 unspecified atom stereocenters. The van der Waals surface area contributed by atoms with Gasteiger partial charge < -0.3 is 9.32 Å². The molecule has 16 rings (SSSR count). The van der Waals surface area contributed by atoms with Crippen LogP contribution in [0.2, 0.25) is 0 Å². The minimum Gasteiger partial charge on any atom is -0.456 e. The Bertz CT molecular complexity index is 3970. The Morgan fingerprint density at radius 3 is 1.21 bits per heavy atom. The van der Waals surface area contributed by atoms with E-state index in [9.17, 15) is 0 Å².